The van der Waals surface area contributed by atoms with Crippen LogP contribution in [0.5, 0.6) is 0 Å². The molecule has 0 unspecified atom stereocenters. The summed E-state index contributed by atoms with van der Waals surface area (Å²) in [7, 11) is 1.70. The molecule has 19 heavy (non-hydrogen) atoms. The van der Waals surface area contributed by atoms with Crippen molar-refractivity contribution in [3.8, 4) is 0 Å². The molecule has 0 aliphatic rings. The van der Waals surface area contributed by atoms with Gasteiger partial charge in [-0.15, -0.1) is 0 Å². The lowest BCUT2D eigenvalue weighted by atomic mass is 10.1. The largest absolute Gasteiger partial charge is 0.302 e. The number of carbonyl (C=O) groups is 1. The summed E-state index contributed by atoms with van der Waals surface area (Å²) in [6.07, 6.45) is 9.34. The van der Waals surface area contributed by atoms with Crippen LogP contribution in [0.2, 0.25) is 0 Å². The minimum absolute atomic E-state index is 0.536. The molecule has 0 amide bonds. The Morgan fingerprint density at radius 1 is 1.53 bits per heavy atom. The lowest BCUT2D eigenvalue weighted by Gasteiger charge is -2.17. The van der Waals surface area contributed by atoms with E-state index < -0.39 is 4.75 Å². The van der Waals surface area contributed by atoms with Crippen LogP contribution in [0.15, 0.2) is 41.3 Å². The van der Waals surface area contributed by atoms with Gasteiger partial charge in [-0.3, -0.25) is 4.99 Å². The van der Waals surface area contributed by atoms with Crippen LogP contribution >= 0.6 is 11.8 Å². The predicted octanol–water partition coefficient (Wildman–Crippen LogP) is 2.82. The van der Waals surface area contributed by atoms with Gasteiger partial charge in [0.1, 0.15) is 17.6 Å². The summed E-state index contributed by atoms with van der Waals surface area (Å²) in [6, 6.07) is 0. The predicted molar refractivity (Wildman–Crippen MR) is 80.6 cm³/mol. The van der Waals surface area contributed by atoms with Gasteiger partial charge in [0.2, 0.25) is 0 Å². The third-order valence-electron chi connectivity index (χ3n) is 2.20. The fraction of sp³-hybridized carbons (Fsp3) is 0.286. The van der Waals surface area contributed by atoms with Crippen LogP contribution in [-0.2, 0) is 4.79 Å². The fourth-order valence-electron chi connectivity index (χ4n) is 1.34. The molecule has 0 saturated heterocycles. The number of aldehydes is 1. The van der Waals surface area contributed by atoms with Crippen LogP contribution in [0.3, 0.4) is 0 Å². The van der Waals surface area contributed by atoms with Crippen LogP contribution in [0.1, 0.15) is 19.4 Å². The summed E-state index contributed by atoms with van der Waals surface area (Å²) >= 11 is 1.40. The van der Waals surface area contributed by atoms with Gasteiger partial charge in [-0.2, -0.15) is 0 Å². The molecule has 0 N–H and O–H groups in total. The van der Waals surface area contributed by atoms with E-state index in [-0.39, 0.29) is 0 Å². The Labute approximate surface area is 117 Å². The zero-order valence-corrected chi connectivity index (χ0v) is 12.1. The molecule has 100 valence electrons. The molecular weight excluding hydrogens is 258 g/mol. The van der Waals surface area contributed by atoms with Crippen LogP contribution in [0.4, 0.5) is 0 Å². The van der Waals surface area contributed by atoms with Gasteiger partial charge >= 0.3 is 0 Å². The molecule has 0 aliphatic carbocycles. The molecule has 0 atom stereocenters. The molecule has 0 spiro atoms. The summed E-state index contributed by atoms with van der Waals surface area (Å²) in [6.45, 7) is 7.38. The second kappa shape index (κ2) is 6.99. The van der Waals surface area contributed by atoms with E-state index in [0.29, 0.717) is 0 Å². The van der Waals surface area contributed by atoms with Crippen LogP contribution in [0, 0.1) is 0 Å². The highest BCUT2D eigenvalue weighted by Gasteiger charge is 2.21. The highest BCUT2D eigenvalue weighted by Crippen LogP contribution is 2.33. The maximum Gasteiger partial charge on any atom is 0.135 e. The maximum atomic E-state index is 11.0. The Bertz CT molecular complexity index is 521. The average molecular weight is 275 g/mol. The molecule has 1 aromatic heterocycles. The van der Waals surface area contributed by atoms with Crippen molar-refractivity contribution >= 4 is 29.8 Å². The molecule has 0 fully saturated rings. The SMILES string of the molecule is C=C/C=C(\C=NC)c1cncnc1SC(C)(C)C=O. The number of aromatic nitrogens is 2. The zero-order chi connectivity index (χ0) is 14.3. The fourth-order valence-corrected chi connectivity index (χ4v) is 2.27. The summed E-state index contributed by atoms with van der Waals surface area (Å²) in [4.78, 5) is 23.3. The number of nitrogens with zero attached hydrogens (tertiary/aromatic N) is 3. The molecule has 0 aromatic carbocycles. The van der Waals surface area contributed by atoms with Crippen molar-refractivity contribution in [3.05, 3.63) is 36.8 Å². The number of hydrogen-bond donors (Lipinski definition) is 0. The van der Waals surface area contributed by atoms with E-state index in [0.717, 1.165) is 22.4 Å². The minimum atomic E-state index is -0.536. The average Bonchev–Trinajstić information content (AvgIpc) is 2.39. The first-order valence-corrected chi connectivity index (χ1v) is 6.56. The van der Waals surface area contributed by atoms with Gasteiger partial charge in [-0.05, 0) is 13.8 Å². The Hall–Kier alpha value is -1.75. The van der Waals surface area contributed by atoms with Crippen molar-refractivity contribution in [2.75, 3.05) is 7.05 Å². The van der Waals surface area contributed by atoms with Gasteiger partial charge in [0.25, 0.3) is 0 Å². The second-order valence-corrected chi connectivity index (χ2v) is 5.95. The molecule has 1 aromatic rings. The molecule has 0 aliphatic heterocycles. The Balaban J connectivity index is 3.25. The van der Waals surface area contributed by atoms with Gasteiger partial charge in [0.05, 0.1) is 4.75 Å². The highest BCUT2D eigenvalue weighted by atomic mass is 32.2. The molecule has 1 rings (SSSR count). The molecule has 5 heteroatoms. The smallest absolute Gasteiger partial charge is 0.135 e. The normalized spacial score (nSPS) is 12.7. The van der Waals surface area contributed by atoms with Crippen molar-refractivity contribution in [3.63, 3.8) is 0 Å². The van der Waals surface area contributed by atoms with Gasteiger partial charge < -0.3 is 4.79 Å². The topological polar surface area (TPSA) is 55.2 Å². The second-order valence-electron chi connectivity index (χ2n) is 4.31. The van der Waals surface area contributed by atoms with Crippen molar-refractivity contribution in [1.29, 1.82) is 0 Å². The van der Waals surface area contributed by atoms with Gasteiger partial charge in [0.15, 0.2) is 0 Å². The molecular formula is C14H17N3OS. The first-order chi connectivity index (χ1) is 9.04. The number of aliphatic imine (C=N–C) groups is 1. The first kappa shape index (κ1) is 15.3. The third kappa shape index (κ3) is 4.44. The van der Waals surface area contributed by atoms with Crippen molar-refractivity contribution in [2.45, 2.75) is 23.6 Å². The van der Waals surface area contributed by atoms with E-state index in [1.165, 1.54) is 18.1 Å². The van der Waals surface area contributed by atoms with Crippen molar-refractivity contribution in [1.82, 2.24) is 9.97 Å². The minimum Gasteiger partial charge on any atom is -0.302 e. The molecule has 0 saturated carbocycles. The molecule has 0 bridgehead atoms. The summed E-state index contributed by atoms with van der Waals surface area (Å²) in [5.41, 5.74) is 1.70. The summed E-state index contributed by atoms with van der Waals surface area (Å²) in [5, 5.41) is 0.750. The van der Waals surface area contributed by atoms with E-state index in [1.54, 1.807) is 25.5 Å². The standard InChI is InChI=1S/C14H17N3OS/c1-5-6-11(7-15-4)12-8-16-10-17-13(12)19-14(2,3)9-18/h5-10H,1H2,2-4H3/b11-6+,15-7?. The Morgan fingerprint density at radius 3 is 2.84 bits per heavy atom. The van der Waals surface area contributed by atoms with E-state index in [4.69, 9.17) is 0 Å². The lowest BCUT2D eigenvalue weighted by molar-refractivity contribution is -0.109. The summed E-state index contributed by atoms with van der Waals surface area (Å²) in [5.74, 6) is 0. The monoisotopic (exact) mass is 275 g/mol. The van der Waals surface area contributed by atoms with Crippen molar-refractivity contribution in [2.24, 2.45) is 4.99 Å². The number of thioether (sulfide) groups is 1. The van der Waals surface area contributed by atoms with E-state index in [2.05, 4.69) is 21.5 Å². The van der Waals surface area contributed by atoms with Gasteiger partial charge in [-0.1, -0.05) is 30.5 Å². The van der Waals surface area contributed by atoms with E-state index in [9.17, 15) is 4.79 Å². The van der Waals surface area contributed by atoms with Crippen LogP contribution < -0.4 is 0 Å². The number of carbonyl (C=O) groups excluding carboxylic acids is 1. The number of allylic oxidation sites excluding steroid dienone is 3. The zero-order valence-electron chi connectivity index (χ0n) is 11.3. The molecule has 1 heterocycles. The van der Waals surface area contributed by atoms with Crippen LogP contribution in [-0.4, -0.2) is 34.3 Å². The number of rotatable bonds is 6. The number of hydrogen-bond acceptors (Lipinski definition) is 5. The maximum absolute atomic E-state index is 11.0. The first-order valence-electron chi connectivity index (χ1n) is 5.74. The lowest BCUT2D eigenvalue weighted by Crippen LogP contribution is -2.16. The highest BCUT2D eigenvalue weighted by molar-refractivity contribution is 8.01. The van der Waals surface area contributed by atoms with Crippen molar-refractivity contribution < 1.29 is 4.79 Å². The Morgan fingerprint density at radius 2 is 2.26 bits per heavy atom. The third-order valence-corrected chi connectivity index (χ3v) is 3.34. The van der Waals surface area contributed by atoms with Gasteiger partial charge in [0, 0.05) is 30.6 Å². The van der Waals surface area contributed by atoms with E-state index in [1.807, 2.05) is 19.9 Å². The van der Waals surface area contributed by atoms with Crippen LogP contribution in [0.25, 0.3) is 5.57 Å². The molecule has 4 nitrogen and oxygen atoms in total. The van der Waals surface area contributed by atoms with E-state index >= 15 is 0 Å². The van der Waals surface area contributed by atoms with Gasteiger partial charge in [-0.25, -0.2) is 9.97 Å². The quantitative estimate of drug-likeness (QED) is 0.263. The summed E-state index contributed by atoms with van der Waals surface area (Å²) < 4.78 is -0.536. The Kier molecular flexibility index (Phi) is 5.63. The molecule has 0 radical (unpaired) electrons.